The maximum Gasteiger partial charge on any atom is 0.290 e. The lowest BCUT2D eigenvalue weighted by molar-refractivity contribution is -0.129. The molecule has 0 saturated carbocycles. The number of fused-ring (bicyclic) bond motifs is 1. The molecule has 2 aromatic carbocycles. The summed E-state index contributed by atoms with van der Waals surface area (Å²) in [6.45, 7) is 0.738. The Morgan fingerprint density at radius 2 is 1.89 bits per heavy atom. The van der Waals surface area contributed by atoms with E-state index in [4.69, 9.17) is 25.5 Å². The number of ether oxygens (including phenoxy) is 2. The largest absolute Gasteiger partial charge is 0.503 e. The molecule has 1 N–H and O–H groups in total. The van der Waals surface area contributed by atoms with E-state index in [-0.39, 0.29) is 11.3 Å². The number of hydrogen-bond donors (Lipinski definition) is 1. The molecule has 1 aliphatic rings. The van der Waals surface area contributed by atoms with Gasteiger partial charge in [-0.1, -0.05) is 23.7 Å². The van der Waals surface area contributed by atoms with E-state index in [2.05, 4.69) is 0 Å². The number of benzene rings is 2. The Labute approximate surface area is 208 Å². The normalized spacial score (nSPS) is 15.9. The standard InChI is InChI=1S/C26H27ClN2O6/c1-28(2)18-8-6-15(7-9-18)22-21(24(31)26(32)29(22)10-5-11-33-3)23(30)19-13-16-12-17(27)14-20(34-4)25(16)35-19/h6-9,12-14,22,31H,5,10-11H2,1-4H3. The molecule has 1 aromatic heterocycles. The van der Waals surface area contributed by atoms with Gasteiger partial charge in [-0.3, -0.25) is 9.59 Å². The van der Waals surface area contributed by atoms with Crippen molar-refractivity contribution < 1.29 is 28.6 Å². The Kier molecular flexibility index (Phi) is 7.05. The lowest BCUT2D eigenvalue weighted by Crippen LogP contribution is -2.32. The van der Waals surface area contributed by atoms with Gasteiger partial charge in [-0.05, 0) is 36.2 Å². The number of amides is 1. The summed E-state index contributed by atoms with van der Waals surface area (Å²) in [5.74, 6) is -1.42. The van der Waals surface area contributed by atoms with Crippen LogP contribution in [0.5, 0.6) is 5.75 Å². The zero-order valence-electron chi connectivity index (χ0n) is 20.0. The SMILES string of the molecule is COCCCN1C(=O)C(O)=C(C(=O)c2cc3cc(Cl)cc(OC)c3o2)C1c1ccc(N(C)C)cc1. The first-order valence-corrected chi connectivity index (χ1v) is 11.5. The van der Waals surface area contributed by atoms with Crippen molar-refractivity contribution >= 4 is 39.9 Å². The van der Waals surface area contributed by atoms with Gasteiger partial charge in [0.1, 0.15) is 0 Å². The minimum Gasteiger partial charge on any atom is -0.503 e. The van der Waals surface area contributed by atoms with E-state index in [9.17, 15) is 14.7 Å². The molecule has 3 aromatic rings. The second-order valence-corrected chi connectivity index (χ2v) is 8.90. The van der Waals surface area contributed by atoms with Crippen LogP contribution in [-0.2, 0) is 9.53 Å². The van der Waals surface area contributed by atoms with Gasteiger partial charge in [0.25, 0.3) is 5.91 Å². The van der Waals surface area contributed by atoms with Crippen molar-refractivity contribution in [3.05, 3.63) is 70.1 Å². The topological polar surface area (TPSA) is 92.5 Å². The fourth-order valence-electron chi connectivity index (χ4n) is 4.28. The summed E-state index contributed by atoms with van der Waals surface area (Å²) < 4.78 is 16.3. The summed E-state index contributed by atoms with van der Waals surface area (Å²) in [7, 11) is 6.91. The number of aliphatic hydroxyl groups is 1. The first-order chi connectivity index (χ1) is 16.8. The second-order valence-electron chi connectivity index (χ2n) is 8.46. The highest BCUT2D eigenvalue weighted by molar-refractivity contribution is 6.31. The molecule has 1 atom stereocenters. The van der Waals surface area contributed by atoms with Crippen molar-refractivity contribution in [2.45, 2.75) is 12.5 Å². The Hall–Kier alpha value is -3.49. The molecule has 0 aliphatic carbocycles. The molecular formula is C26H27ClN2O6. The van der Waals surface area contributed by atoms with Crippen LogP contribution in [0.4, 0.5) is 5.69 Å². The third kappa shape index (κ3) is 4.59. The summed E-state index contributed by atoms with van der Waals surface area (Å²) in [5.41, 5.74) is 1.99. The van der Waals surface area contributed by atoms with Crippen molar-refractivity contribution in [2.24, 2.45) is 0 Å². The number of carbonyl (C=O) groups is 2. The van der Waals surface area contributed by atoms with Gasteiger partial charge in [-0.25, -0.2) is 0 Å². The summed E-state index contributed by atoms with van der Waals surface area (Å²) in [6.07, 6.45) is 0.545. The zero-order valence-corrected chi connectivity index (χ0v) is 20.8. The lowest BCUT2D eigenvalue weighted by atomic mass is 9.94. The number of methoxy groups -OCH3 is 2. The number of aliphatic hydroxyl groups excluding tert-OH is 1. The van der Waals surface area contributed by atoms with E-state index in [0.29, 0.717) is 46.9 Å². The fourth-order valence-corrected chi connectivity index (χ4v) is 4.50. The van der Waals surface area contributed by atoms with E-state index in [1.165, 1.54) is 18.1 Å². The Bertz CT molecular complexity index is 1300. The molecule has 0 fully saturated rings. The fraction of sp³-hybridized carbons (Fsp3) is 0.308. The maximum atomic E-state index is 13.7. The molecule has 184 valence electrons. The van der Waals surface area contributed by atoms with Crippen molar-refractivity contribution in [3.8, 4) is 5.75 Å². The average molecular weight is 499 g/mol. The highest BCUT2D eigenvalue weighted by Crippen LogP contribution is 2.41. The number of ketones is 1. The minimum atomic E-state index is -0.776. The summed E-state index contributed by atoms with van der Waals surface area (Å²) in [5, 5.41) is 11.9. The molecular weight excluding hydrogens is 472 g/mol. The van der Waals surface area contributed by atoms with Gasteiger partial charge in [0.15, 0.2) is 22.9 Å². The molecule has 4 rings (SSSR count). The van der Waals surface area contributed by atoms with Crippen LogP contribution in [0.1, 0.15) is 28.6 Å². The van der Waals surface area contributed by atoms with Crippen molar-refractivity contribution in [2.75, 3.05) is 46.4 Å². The molecule has 1 unspecified atom stereocenters. The lowest BCUT2D eigenvalue weighted by Gasteiger charge is -2.27. The maximum absolute atomic E-state index is 13.7. The molecule has 0 saturated heterocycles. The molecule has 9 heteroatoms. The molecule has 1 aliphatic heterocycles. The van der Waals surface area contributed by atoms with E-state index in [0.717, 1.165) is 5.69 Å². The van der Waals surface area contributed by atoms with E-state index in [1.54, 1.807) is 19.2 Å². The van der Waals surface area contributed by atoms with Crippen LogP contribution in [0, 0.1) is 0 Å². The summed E-state index contributed by atoms with van der Waals surface area (Å²) in [4.78, 5) is 30.2. The number of furan rings is 1. The van der Waals surface area contributed by atoms with Crippen LogP contribution in [-0.4, -0.2) is 63.2 Å². The molecule has 0 spiro atoms. The van der Waals surface area contributed by atoms with Gasteiger partial charge in [0.2, 0.25) is 5.78 Å². The number of carbonyl (C=O) groups excluding carboxylic acids is 2. The third-order valence-corrected chi connectivity index (χ3v) is 6.23. The summed E-state index contributed by atoms with van der Waals surface area (Å²) >= 11 is 6.16. The Morgan fingerprint density at radius 3 is 2.51 bits per heavy atom. The molecule has 0 radical (unpaired) electrons. The van der Waals surface area contributed by atoms with Crippen molar-refractivity contribution in [3.63, 3.8) is 0 Å². The van der Waals surface area contributed by atoms with E-state index in [1.807, 2.05) is 43.3 Å². The second kappa shape index (κ2) is 10.0. The monoisotopic (exact) mass is 498 g/mol. The van der Waals surface area contributed by atoms with Crippen molar-refractivity contribution in [1.29, 1.82) is 0 Å². The minimum absolute atomic E-state index is 0.0245. The smallest absolute Gasteiger partial charge is 0.290 e. The van der Waals surface area contributed by atoms with Crippen LogP contribution < -0.4 is 9.64 Å². The highest BCUT2D eigenvalue weighted by Gasteiger charge is 2.44. The molecule has 8 nitrogen and oxygen atoms in total. The molecule has 2 heterocycles. The van der Waals surface area contributed by atoms with Gasteiger partial charge in [-0.2, -0.15) is 0 Å². The summed E-state index contributed by atoms with van der Waals surface area (Å²) in [6, 6.07) is 11.5. The quantitative estimate of drug-likeness (QED) is 0.335. The van der Waals surface area contributed by atoms with Crippen LogP contribution in [0.3, 0.4) is 0 Å². The van der Waals surface area contributed by atoms with Crippen molar-refractivity contribution in [1.82, 2.24) is 4.90 Å². The predicted octanol–water partition coefficient (Wildman–Crippen LogP) is 4.78. The highest BCUT2D eigenvalue weighted by atomic mass is 35.5. The average Bonchev–Trinajstić information content (AvgIpc) is 3.38. The number of rotatable bonds is 9. The van der Waals surface area contributed by atoms with Crippen LogP contribution >= 0.6 is 11.6 Å². The van der Waals surface area contributed by atoms with Crippen LogP contribution in [0.15, 0.2) is 58.2 Å². The Morgan fingerprint density at radius 1 is 1.17 bits per heavy atom. The van der Waals surface area contributed by atoms with Gasteiger partial charge in [0, 0.05) is 56.5 Å². The van der Waals surface area contributed by atoms with Crippen LogP contribution in [0.25, 0.3) is 11.0 Å². The number of halogens is 1. The number of anilines is 1. The van der Waals surface area contributed by atoms with Gasteiger partial charge in [0.05, 0.1) is 18.7 Å². The first-order valence-electron chi connectivity index (χ1n) is 11.1. The van der Waals surface area contributed by atoms with Crippen LogP contribution in [0.2, 0.25) is 5.02 Å². The molecule has 35 heavy (non-hydrogen) atoms. The number of hydrogen-bond acceptors (Lipinski definition) is 7. The number of Topliss-reactive ketones (excluding diaryl/α,β-unsaturated/α-hetero) is 1. The van der Waals surface area contributed by atoms with Gasteiger partial charge >= 0.3 is 0 Å². The van der Waals surface area contributed by atoms with Gasteiger partial charge in [-0.15, -0.1) is 0 Å². The van der Waals surface area contributed by atoms with Gasteiger partial charge < -0.3 is 28.8 Å². The number of nitrogens with zero attached hydrogens (tertiary/aromatic N) is 2. The molecule has 0 bridgehead atoms. The predicted molar refractivity (Wildman–Crippen MR) is 133 cm³/mol. The van der Waals surface area contributed by atoms with E-state index >= 15 is 0 Å². The first kappa shape index (κ1) is 24.6. The Balaban J connectivity index is 1.78. The third-order valence-electron chi connectivity index (χ3n) is 6.01. The zero-order chi connectivity index (χ0) is 25.3. The molecule has 1 amide bonds. The van der Waals surface area contributed by atoms with E-state index < -0.39 is 23.5 Å².